The van der Waals surface area contributed by atoms with Crippen molar-refractivity contribution in [1.82, 2.24) is 25.1 Å². The molecule has 1 aliphatic heterocycles. The molecule has 0 atom stereocenters. The number of hydrogen-bond donors (Lipinski definition) is 0. The third-order valence-electron chi connectivity index (χ3n) is 5.94. The predicted octanol–water partition coefficient (Wildman–Crippen LogP) is 3.79. The number of carbonyl (C=O) groups excluding carboxylic acids is 1. The van der Waals surface area contributed by atoms with E-state index in [0.717, 1.165) is 5.69 Å². The second-order valence-electron chi connectivity index (χ2n) is 9.06. The van der Waals surface area contributed by atoms with Gasteiger partial charge in [0.05, 0.1) is 5.41 Å². The average Bonchev–Trinajstić information content (AvgIpc) is 3.52. The fourth-order valence-corrected chi connectivity index (χ4v) is 3.75. The number of oxazole rings is 1. The molecule has 0 radical (unpaired) electrons. The van der Waals surface area contributed by atoms with E-state index in [1.165, 1.54) is 0 Å². The van der Waals surface area contributed by atoms with Crippen LogP contribution in [0, 0.1) is 6.92 Å². The monoisotopic (exact) mass is 464 g/mol. The number of benzene rings is 1. The first kappa shape index (κ1) is 22.0. The number of halogens is 1. The second kappa shape index (κ2) is 8.51. The van der Waals surface area contributed by atoms with E-state index in [9.17, 15) is 9.18 Å². The van der Waals surface area contributed by atoms with Crippen molar-refractivity contribution in [2.24, 2.45) is 0 Å². The third kappa shape index (κ3) is 4.11. The molecule has 10 heteroatoms. The topological polar surface area (TPSA) is 101 Å². The van der Waals surface area contributed by atoms with Gasteiger partial charge in [0.15, 0.2) is 5.58 Å². The molecule has 1 fully saturated rings. The minimum Gasteiger partial charge on any atom is -0.422 e. The highest BCUT2D eigenvalue weighted by Crippen LogP contribution is 2.27. The first-order valence-corrected chi connectivity index (χ1v) is 11.1. The number of fused-ring (bicyclic) bond motifs is 1. The Hall–Kier alpha value is -3.82. The molecule has 0 aliphatic carbocycles. The Morgan fingerprint density at radius 1 is 1.00 bits per heavy atom. The van der Waals surface area contributed by atoms with Crippen molar-refractivity contribution >= 4 is 23.2 Å². The lowest BCUT2D eigenvalue weighted by atomic mass is 9.96. The predicted molar refractivity (Wildman–Crippen MR) is 123 cm³/mol. The summed E-state index contributed by atoms with van der Waals surface area (Å²) in [7, 11) is 0. The molecule has 5 rings (SSSR count). The minimum absolute atomic E-state index is 0.0502. The molecule has 3 aromatic heterocycles. The lowest BCUT2D eigenvalue weighted by molar-refractivity contribution is 0.0745. The number of aryl methyl sites for hydroxylation is 1. The number of amides is 1. The van der Waals surface area contributed by atoms with E-state index in [1.807, 2.05) is 28.9 Å². The van der Waals surface area contributed by atoms with Gasteiger partial charge in [-0.15, -0.1) is 10.2 Å². The standard InChI is InChI=1S/C24H25FN6O3/c1-15-4-9-18-19(26-15)27-23(33-18)31-12-10-30(11-13-31)21(32)17-7-5-16(6-8-17)20-28-29-22(34-20)24(2,3)14-25/h4-9H,10-14H2,1-3H3. The Bertz CT molecular complexity index is 1320. The van der Waals surface area contributed by atoms with Crippen LogP contribution in [0.3, 0.4) is 0 Å². The maximum atomic E-state index is 13.2. The fourth-order valence-electron chi connectivity index (χ4n) is 3.75. The van der Waals surface area contributed by atoms with Gasteiger partial charge in [0, 0.05) is 43.0 Å². The molecule has 1 saturated heterocycles. The summed E-state index contributed by atoms with van der Waals surface area (Å²) in [5, 5.41) is 7.98. The van der Waals surface area contributed by atoms with Crippen LogP contribution >= 0.6 is 0 Å². The number of piperazine rings is 1. The van der Waals surface area contributed by atoms with Gasteiger partial charge in [-0.25, -0.2) is 9.37 Å². The van der Waals surface area contributed by atoms with E-state index < -0.39 is 12.1 Å². The highest BCUT2D eigenvalue weighted by molar-refractivity contribution is 5.94. The number of hydrogen-bond acceptors (Lipinski definition) is 8. The Kier molecular flexibility index (Phi) is 5.51. The third-order valence-corrected chi connectivity index (χ3v) is 5.94. The SMILES string of the molecule is Cc1ccc2oc(N3CCN(C(=O)c4ccc(-c5nnc(C(C)(C)CF)o5)cc4)CC3)nc2n1. The highest BCUT2D eigenvalue weighted by atomic mass is 19.1. The van der Waals surface area contributed by atoms with Crippen LogP contribution in [0.2, 0.25) is 0 Å². The molecule has 1 aliphatic rings. The van der Waals surface area contributed by atoms with E-state index in [-0.39, 0.29) is 11.8 Å². The van der Waals surface area contributed by atoms with Gasteiger partial charge in [-0.1, -0.05) is 0 Å². The van der Waals surface area contributed by atoms with E-state index in [1.54, 1.807) is 38.1 Å². The molecule has 4 aromatic rings. The zero-order valence-corrected chi connectivity index (χ0v) is 19.3. The highest BCUT2D eigenvalue weighted by Gasteiger charge is 2.28. The Balaban J connectivity index is 1.23. The molecule has 0 bridgehead atoms. The summed E-state index contributed by atoms with van der Waals surface area (Å²) in [6, 6.07) is 11.3. The first-order valence-electron chi connectivity index (χ1n) is 11.1. The van der Waals surface area contributed by atoms with Crippen molar-refractivity contribution in [2.75, 3.05) is 37.8 Å². The minimum atomic E-state index is -0.837. The number of nitrogens with zero attached hydrogens (tertiary/aromatic N) is 6. The van der Waals surface area contributed by atoms with Crippen LogP contribution in [0.25, 0.3) is 22.7 Å². The zero-order valence-electron chi connectivity index (χ0n) is 19.3. The van der Waals surface area contributed by atoms with Gasteiger partial charge in [0.25, 0.3) is 11.9 Å². The normalized spacial score (nSPS) is 14.7. The summed E-state index contributed by atoms with van der Waals surface area (Å²) in [6.07, 6.45) is 0. The molecule has 34 heavy (non-hydrogen) atoms. The van der Waals surface area contributed by atoms with Crippen molar-refractivity contribution in [2.45, 2.75) is 26.2 Å². The summed E-state index contributed by atoms with van der Waals surface area (Å²) in [4.78, 5) is 25.7. The van der Waals surface area contributed by atoms with Crippen LogP contribution in [-0.2, 0) is 5.41 Å². The Labute approximate surface area is 195 Å². The van der Waals surface area contributed by atoms with Gasteiger partial charge in [-0.2, -0.15) is 4.98 Å². The fraction of sp³-hybridized carbons (Fsp3) is 0.375. The number of alkyl halides is 1. The number of aromatic nitrogens is 4. The zero-order chi connectivity index (χ0) is 23.9. The van der Waals surface area contributed by atoms with E-state index in [2.05, 4.69) is 20.2 Å². The molecule has 1 amide bonds. The summed E-state index contributed by atoms with van der Waals surface area (Å²) in [5.41, 5.74) is 2.54. The summed E-state index contributed by atoms with van der Waals surface area (Å²) in [6.45, 7) is 7.06. The van der Waals surface area contributed by atoms with Crippen molar-refractivity contribution in [3.8, 4) is 11.5 Å². The number of rotatable bonds is 5. The molecule has 0 unspecified atom stereocenters. The Morgan fingerprint density at radius 2 is 1.74 bits per heavy atom. The van der Waals surface area contributed by atoms with Crippen LogP contribution in [0.5, 0.6) is 0 Å². The molecule has 1 aromatic carbocycles. The summed E-state index contributed by atoms with van der Waals surface area (Å²) in [5.74, 6) is 0.492. The Morgan fingerprint density at radius 3 is 2.44 bits per heavy atom. The summed E-state index contributed by atoms with van der Waals surface area (Å²) < 4.78 is 24.7. The van der Waals surface area contributed by atoms with Crippen LogP contribution in [-0.4, -0.2) is 63.8 Å². The molecule has 0 saturated carbocycles. The first-order chi connectivity index (χ1) is 16.3. The van der Waals surface area contributed by atoms with Gasteiger partial charge < -0.3 is 18.6 Å². The van der Waals surface area contributed by atoms with Crippen molar-refractivity contribution in [3.63, 3.8) is 0 Å². The van der Waals surface area contributed by atoms with Crippen LogP contribution in [0.1, 0.15) is 35.8 Å². The maximum Gasteiger partial charge on any atom is 0.300 e. The van der Waals surface area contributed by atoms with Crippen LogP contribution < -0.4 is 4.90 Å². The maximum absolute atomic E-state index is 13.2. The number of pyridine rings is 1. The quantitative estimate of drug-likeness (QED) is 0.440. The van der Waals surface area contributed by atoms with E-state index >= 15 is 0 Å². The second-order valence-corrected chi connectivity index (χ2v) is 9.06. The molecule has 4 heterocycles. The number of carbonyl (C=O) groups is 1. The van der Waals surface area contributed by atoms with Gasteiger partial charge in [0.2, 0.25) is 17.4 Å². The molecular weight excluding hydrogens is 439 g/mol. The van der Waals surface area contributed by atoms with Crippen molar-refractivity contribution in [3.05, 3.63) is 53.5 Å². The lowest BCUT2D eigenvalue weighted by Crippen LogP contribution is -2.48. The average molecular weight is 465 g/mol. The van der Waals surface area contributed by atoms with Crippen LogP contribution in [0.15, 0.2) is 45.2 Å². The molecule has 0 N–H and O–H groups in total. The molecule has 0 spiro atoms. The van der Waals surface area contributed by atoms with Crippen molar-refractivity contribution in [1.29, 1.82) is 0 Å². The lowest BCUT2D eigenvalue weighted by Gasteiger charge is -2.33. The van der Waals surface area contributed by atoms with Gasteiger partial charge >= 0.3 is 0 Å². The summed E-state index contributed by atoms with van der Waals surface area (Å²) >= 11 is 0. The van der Waals surface area contributed by atoms with E-state index in [0.29, 0.717) is 60.4 Å². The smallest absolute Gasteiger partial charge is 0.300 e. The molecule has 9 nitrogen and oxygen atoms in total. The van der Waals surface area contributed by atoms with Crippen molar-refractivity contribution < 1.29 is 18.0 Å². The molecule has 176 valence electrons. The largest absolute Gasteiger partial charge is 0.422 e. The molecular formula is C24H25FN6O3. The van der Waals surface area contributed by atoms with Crippen LogP contribution in [0.4, 0.5) is 10.4 Å². The van der Waals surface area contributed by atoms with Gasteiger partial charge in [0.1, 0.15) is 6.67 Å². The van der Waals surface area contributed by atoms with E-state index in [4.69, 9.17) is 8.83 Å². The van der Waals surface area contributed by atoms with Gasteiger partial charge in [-0.3, -0.25) is 4.79 Å². The van der Waals surface area contributed by atoms with Gasteiger partial charge in [-0.05, 0) is 57.2 Å². The number of anilines is 1.